The van der Waals surface area contributed by atoms with Crippen molar-refractivity contribution in [3.8, 4) is 5.75 Å². The molecule has 2 aromatic carbocycles. The number of primary amides is 1. The van der Waals surface area contributed by atoms with Gasteiger partial charge in [-0.25, -0.2) is 0 Å². The molecule has 1 aromatic heterocycles. The zero-order chi connectivity index (χ0) is 24.1. The minimum absolute atomic E-state index is 0.102. The molecule has 8 nitrogen and oxygen atoms in total. The molecule has 34 heavy (non-hydrogen) atoms. The highest BCUT2D eigenvalue weighted by molar-refractivity contribution is 5.95. The Morgan fingerprint density at radius 2 is 1.85 bits per heavy atom. The van der Waals surface area contributed by atoms with Crippen LogP contribution < -0.4 is 15.8 Å². The van der Waals surface area contributed by atoms with Gasteiger partial charge in [0.1, 0.15) is 17.1 Å². The van der Waals surface area contributed by atoms with E-state index in [2.05, 4.69) is 5.32 Å². The van der Waals surface area contributed by atoms with Crippen molar-refractivity contribution in [2.75, 3.05) is 25.0 Å². The average Bonchev–Trinajstić information content (AvgIpc) is 3.21. The number of benzene rings is 2. The van der Waals surface area contributed by atoms with Crippen LogP contribution in [0.3, 0.4) is 0 Å². The van der Waals surface area contributed by atoms with Gasteiger partial charge in [0.25, 0.3) is 5.91 Å². The number of aryl methyl sites for hydroxylation is 2. The molecule has 0 bridgehead atoms. The van der Waals surface area contributed by atoms with Crippen LogP contribution in [0.5, 0.6) is 5.75 Å². The Balaban J connectivity index is 1.28. The van der Waals surface area contributed by atoms with E-state index >= 15 is 0 Å². The van der Waals surface area contributed by atoms with Crippen molar-refractivity contribution in [3.63, 3.8) is 0 Å². The monoisotopic (exact) mass is 463 g/mol. The molecule has 4 rings (SSSR count). The lowest BCUT2D eigenvalue weighted by Crippen LogP contribution is -2.37. The molecule has 0 saturated heterocycles. The topological polar surface area (TPSA) is 115 Å². The predicted molar refractivity (Wildman–Crippen MR) is 129 cm³/mol. The van der Waals surface area contributed by atoms with Crippen LogP contribution in [0.4, 0.5) is 5.69 Å². The van der Waals surface area contributed by atoms with E-state index in [0.717, 1.165) is 42.4 Å². The van der Waals surface area contributed by atoms with Gasteiger partial charge in [-0.3, -0.25) is 14.4 Å². The number of anilines is 1. The Morgan fingerprint density at radius 1 is 1.09 bits per heavy atom. The Kier molecular flexibility index (Phi) is 7.15. The summed E-state index contributed by atoms with van der Waals surface area (Å²) in [7, 11) is 0. The molecule has 8 heteroatoms. The summed E-state index contributed by atoms with van der Waals surface area (Å²) >= 11 is 0. The lowest BCUT2D eigenvalue weighted by atomic mass is 9.96. The van der Waals surface area contributed by atoms with Gasteiger partial charge in [0, 0.05) is 48.1 Å². The van der Waals surface area contributed by atoms with Crippen LogP contribution in [0.15, 0.2) is 46.9 Å². The maximum absolute atomic E-state index is 12.7. The molecular formula is C26H29N3O5. The standard InChI is InChI=1S/C26H29N3O5/c1-2-29(14-13-24(30)28-18-9-7-17(8-10-18)26(27)32)25(31)16-33-19-11-12-23-21(15-19)20-5-3-4-6-22(20)34-23/h7-12,15H,2-6,13-14,16H2,1H3,(H2,27,32)(H,28,30). The molecule has 1 aliphatic rings. The summed E-state index contributed by atoms with van der Waals surface area (Å²) in [6.45, 7) is 2.51. The SMILES string of the molecule is CCN(CCC(=O)Nc1ccc(C(N)=O)cc1)C(=O)COc1ccc2oc3c(c2c1)CCCC3. The highest BCUT2D eigenvalue weighted by atomic mass is 16.5. The van der Waals surface area contributed by atoms with E-state index < -0.39 is 5.91 Å². The average molecular weight is 464 g/mol. The second-order valence-corrected chi connectivity index (χ2v) is 8.37. The van der Waals surface area contributed by atoms with Crippen molar-refractivity contribution >= 4 is 34.4 Å². The summed E-state index contributed by atoms with van der Waals surface area (Å²) in [6.07, 6.45) is 4.42. The van der Waals surface area contributed by atoms with E-state index in [9.17, 15) is 14.4 Å². The van der Waals surface area contributed by atoms with Crippen molar-refractivity contribution in [2.24, 2.45) is 5.73 Å². The van der Waals surface area contributed by atoms with Crippen molar-refractivity contribution < 1.29 is 23.5 Å². The third-order valence-corrected chi connectivity index (χ3v) is 6.09. The van der Waals surface area contributed by atoms with Crippen LogP contribution in [0.1, 0.15) is 47.9 Å². The third-order valence-electron chi connectivity index (χ3n) is 6.09. The van der Waals surface area contributed by atoms with Gasteiger partial charge in [0.05, 0.1) is 0 Å². The zero-order valence-corrected chi connectivity index (χ0v) is 19.3. The molecular weight excluding hydrogens is 434 g/mol. The summed E-state index contributed by atoms with van der Waals surface area (Å²) in [5, 5.41) is 3.82. The number of nitrogens with two attached hydrogens (primary N) is 1. The minimum atomic E-state index is -0.527. The number of amides is 3. The molecule has 0 aliphatic heterocycles. The second kappa shape index (κ2) is 10.4. The van der Waals surface area contributed by atoms with Crippen LogP contribution in [0.25, 0.3) is 11.0 Å². The van der Waals surface area contributed by atoms with Crippen LogP contribution in [0.2, 0.25) is 0 Å². The fraction of sp³-hybridized carbons (Fsp3) is 0.346. The Hall–Kier alpha value is -3.81. The summed E-state index contributed by atoms with van der Waals surface area (Å²) in [6, 6.07) is 12.0. The lowest BCUT2D eigenvalue weighted by molar-refractivity contribution is -0.133. The van der Waals surface area contributed by atoms with Gasteiger partial charge < -0.3 is 25.1 Å². The number of carbonyl (C=O) groups excluding carboxylic acids is 3. The lowest BCUT2D eigenvalue weighted by Gasteiger charge is -2.21. The van der Waals surface area contributed by atoms with Gasteiger partial charge in [-0.05, 0) is 68.7 Å². The first-order chi connectivity index (χ1) is 16.4. The number of likely N-dealkylation sites (N-methyl/N-ethyl adjacent to an activating group) is 1. The summed E-state index contributed by atoms with van der Waals surface area (Å²) in [4.78, 5) is 37.7. The molecule has 0 spiro atoms. The normalized spacial score (nSPS) is 12.7. The first kappa shape index (κ1) is 23.4. The fourth-order valence-electron chi connectivity index (χ4n) is 4.20. The smallest absolute Gasteiger partial charge is 0.260 e. The Bertz CT molecular complexity index is 1200. The van der Waals surface area contributed by atoms with Gasteiger partial charge in [-0.1, -0.05) is 0 Å². The van der Waals surface area contributed by atoms with E-state index in [-0.39, 0.29) is 31.4 Å². The summed E-state index contributed by atoms with van der Waals surface area (Å²) in [5.41, 5.74) is 8.26. The van der Waals surface area contributed by atoms with Gasteiger partial charge in [-0.2, -0.15) is 0 Å². The van der Waals surface area contributed by atoms with Gasteiger partial charge in [0.2, 0.25) is 11.8 Å². The first-order valence-corrected chi connectivity index (χ1v) is 11.6. The predicted octanol–water partition coefficient (Wildman–Crippen LogP) is 3.67. The zero-order valence-electron chi connectivity index (χ0n) is 19.3. The molecule has 3 N–H and O–H groups in total. The van der Waals surface area contributed by atoms with Crippen molar-refractivity contribution in [1.29, 1.82) is 0 Å². The number of rotatable bonds is 9. The molecule has 178 valence electrons. The second-order valence-electron chi connectivity index (χ2n) is 8.37. The van der Waals surface area contributed by atoms with E-state index in [4.69, 9.17) is 14.9 Å². The van der Waals surface area contributed by atoms with Crippen LogP contribution in [-0.2, 0) is 22.4 Å². The van der Waals surface area contributed by atoms with E-state index in [1.165, 1.54) is 5.56 Å². The Morgan fingerprint density at radius 3 is 2.59 bits per heavy atom. The summed E-state index contributed by atoms with van der Waals surface area (Å²) < 4.78 is 11.7. The maximum atomic E-state index is 12.7. The molecule has 0 radical (unpaired) electrons. The first-order valence-electron chi connectivity index (χ1n) is 11.6. The van der Waals surface area contributed by atoms with Crippen LogP contribution in [0, 0.1) is 0 Å². The number of nitrogens with zero attached hydrogens (tertiary/aromatic N) is 1. The fourth-order valence-corrected chi connectivity index (χ4v) is 4.20. The van der Waals surface area contributed by atoms with Gasteiger partial charge in [-0.15, -0.1) is 0 Å². The van der Waals surface area contributed by atoms with E-state index in [1.54, 1.807) is 29.2 Å². The van der Waals surface area contributed by atoms with Gasteiger partial charge in [0.15, 0.2) is 6.61 Å². The highest BCUT2D eigenvalue weighted by Gasteiger charge is 2.19. The molecule has 0 atom stereocenters. The molecule has 3 amide bonds. The number of nitrogens with one attached hydrogen (secondary N) is 1. The highest BCUT2D eigenvalue weighted by Crippen LogP contribution is 2.33. The third kappa shape index (κ3) is 5.39. The molecule has 3 aromatic rings. The molecule has 0 saturated carbocycles. The van der Waals surface area contributed by atoms with Crippen molar-refractivity contribution in [3.05, 3.63) is 59.4 Å². The molecule has 0 fully saturated rings. The summed E-state index contributed by atoms with van der Waals surface area (Å²) in [5.74, 6) is 0.753. The number of furan rings is 1. The Labute approximate surface area is 198 Å². The number of carbonyl (C=O) groups is 3. The molecule has 1 heterocycles. The van der Waals surface area contributed by atoms with Crippen LogP contribution >= 0.6 is 0 Å². The molecule has 0 unspecified atom stereocenters. The number of hydrogen-bond acceptors (Lipinski definition) is 5. The quantitative estimate of drug-likeness (QED) is 0.502. The van der Waals surface area contributed by atoms with E-state index in [1.807, 2.05) is 25.1 Å². The van der Waals surface area contributed by atoms with Crippen molar-refractivity contribution in [2.45, 2.75) is 39.0 Å². The van der Waals surface area contributed by atoms with Gasteiger partial charge >= 0.3 is 0 Å². The minimum Gasteiger partial charge on any atom is -0.484 e. The maximum Gasteiger partial charge on any atom is 0.260 e. The largest absolute Gasteiger partial charge is 0.484 e. The van der Waals surface area contributed by atoms with Crippen LogP contribution in [-0.4, -0.2) is 42.3 Å². The number of fused-ring (bicyclic) bond motifs is 3. The number of hydrogen-bond donors (Lipinski definition) is 2. The molecule has 1 aliphatic carbocycles. The number of ether oxygens (including phenoxy) is 1. The van der Waals surface area contributed by atoms with Crippen molar-refractivity contribution in [1.82, 2.24) is 4.90 Å². The van der Waals surface area contributed by atoms with E-state index in [0.29, 0.717) is 23.5 Å².